The van der Waals surface area contributed by atoms with Crippen LogP contribution in [0.2, 0.25) is 0 Å². The van der Waals surface area contributed by atoms with Gasteiger partial charge in [-0.15, -0.1) is 0 Å². The van der Waals surface area contributed by atoms with Gasteiger partial charge in [0.1, 0.15) is 12.7 Å². The molecule has 0 aliphatic rings. The molecular weight excluding hydrogens is 292 g/mol. The highest BCUT2D eigenvalue weighted by Gasteiger charge is 2.16. The van der Waals surface area contributed by atoms with E-state index in [9.17, 15) is 9.59 Å². The van der Waals surface area contributed by atoms with E-state index in [0.29, 0.717) is 0 Å². The average molecular weight is 312 g/mol. The summed E-state index contributed by atoms with van der Waals surface area (Å²) in [6, 6.07) is 19.4. The van der Waals surface area contributed by atoms with Crippen molar-refractivity contribution in [3.8, 4) is 0 Å². The molecule has 5 heteroatoms. The van der Waals surface area contributed by atoms with Crippen LogP contribution in [0.15, 0.2) is 60.7 Å². The molecule has 2 rings (SSSR count). The summed E-state index contributed by atoms with van der Waals surface area (Å²) in [5.74, 6) is -0.577. The van der Waals surface area contributed by atoms with Crippen LogP contribution in [0.5, 0.6) is 0 Å². The van der Waals surface area contributed by atoms with Crippen molar-refractivity contribution in [2.24, 2.45) is 0 Å². The molecule has 2 amide bonds. The first kappa shape index (κ1) is 16.7. The van der Waals surface area contributed by atoms with Gasteiger partial charge >= 0.3 is 0 Å². The summed E-state index contributed by atoms with van der Waals surface area (Å²) in [6.45, 7) is -0.175. The molecule has 0 aromatic heterocycles. The maximum Gasteiger partial charge on any atom is 0.246 e. The highest BCUT2D eigenvalue weighted by molar-refractivity contribution is 5.85. The van der Waals surface area contributed by atoms with Crippen LogP contribution in [0.3, 0.4) is 0 Å². The number of ether oxygens (including phenoxy) is 1. The maximum absolute atomic E-state index is 11.8. The van der Waals surface area contributed by atoms with Crippen LogP contribution in [-0.2, 0) is 14.3 Å². The second-order valence-corrected chi connectivity index (χ2v) is 4.96. The van der Waals surface area contributed by atoms with Gasteiger partial charge in [-0.1, -0.05) is 60.7 Å². The zero-order valence-corrected chi connectivity index (χ0v) is 13.0. The summed E-state index contributed by atoms with van der Waals surface area (Å²) in [6.07, 6.45) is -0.330. The molecule has 0 heterocycles. The van der Waals surface area contributed by atoms with Crippen molar-refractivity contribution in [1.29, 1.82) is 0 Å². The normalized spacial score (nSPS) is 10.3. The number of nitrogens with one attached hydrogen (secondary N) is 2. The molecule has 120 valence electrons. The maximum atomic E-state index is 11.8. The lowest BCUT2D eigenvalue weighted by molar-refractivity contribution is -0.129. The number of likely N-dealkylation sites (N-methyl/N-ethyl adjacent to an activating group) is 1. The van der Waals surface area contributed by atoms with Crippen molar-refractivity contribution >= 4 is 11.8 Å². The molecule has 2 N–H and O–H groups in total. The van der Waals surface area contributed by atoms with Crippen LogP contribution in [0.4, 0.5) is 0 Å². The molecule has 0 saturated carbocycles. The van der Waals surface area contributed by atoms with Crippen LogP contribution in [0, 0.1) is 0 Å². The third kappa shape index (κ3) is 5.23. The number of hydrogen-bond donors (Lipinski definition) is 2. The summed E-state index contributed by atoms with van der Waals surface area (Å²) >= 11 is 0. The molecule has 23 heavy (non-hydrogen) atoms. The van der Waals surface area contributed by atoms with Gasteiger partial charge in [0, 0.05) is 7.05 Å². The summed E-state index contributed by atoms with van der Waals surface area (Å²) < 4.78 is 5.80. The largest absolute Gasteiger partial charge is 0.359 e. The predicted octanol–water partition coefficient (Wildman–Crippen LogP) is 1.65. The Kier molecular flexibility index (Phi) is 6.32. The Bertz CT molecular complexity index is 590. The molecule has 0 bridgehead atoms. The monoisotopic (exact) mass is 312 g/mol. The van der Waals surface area contributed by atoms with Crippen LogP contribution in [0.25, 0.3) is 0 Å². The Morgan fingerprint density at radius 1 is 0.913 bits per heavy atom. The quantitative estimate of drug-likeness (QED) is 0.817. The van der Waals surface area contributed by atoms with E-state index < -0.39 is 0 Å². The summed E-state index contributed by atoms with van der Waals surface area (Å²) in [7, 11) is 1.52. The van der Waals surface area contributed by atoms with Crippen molar-refractivity contribution in [3.05, 3.63) is 71.8 Å². The molecule has 5 nitrogen and oxygen atoms in total. The minimum Gasteiger partial charge on any atom is -0.359 e. The van der Waals surface area contributed by atoms with Crippen molar-refractivity contribution in [3.63, 3.8) is 0 Å². The average Bonchev–Trinajstić information content (AvgIpc) is 2.61. The SMILES string of the molecule is CNC(=O)CNC(=O)COC(c1ccccc1)c1ccccc1. The Morgan fingerprint density at radius 3 is 1.91 bits per heavy atom. The Morgan fingerprint density at radius 2 is 1.43 bits per heavy atom. The molecule has 0 aliphatic heterocycles. The van der Waals surface area contributed by atoms with E-state index in [-0.39, 0.29) is 31.1 Å². The zero-order valence-electron chi connectivity index (χ0n) is 13.0. The first-order valence-corrected chi connectivity index (χ1v) is 7.39. The second kappa shape index (κ2) is 8.70. The lowest BCUT2D eigenvalue weighted by atomic mass is 10.0. The number of benzene rings is 2. The fraction of sp³-hybridized carbons (Fsp3) is 0.222. The molecule has 0 fully saturated rings. The number of hydrogen-bond acceptors (Lipinski definition) is 3. The van der Waals surface area contributed by atoms with Gasteiger partial charge in [0.05, 0.1) is 6.54 Å². The summed E-state index contributed by atoms with van der Waals surface area (Å²) in [5.41, 5.74) is 1.94. The van der Waals surface area contributed by atoms with Crippen molar-refractivity contribution in [1.82, 2.24) is 10.6 Å². The van der Waals surface area contributed by atoms with Crippen molar-refractivity contribution in [2.45, 2.75) is 6.10 Å². The summed E-state index contributed by atoms with van der Waals surface area (Å²) in [5, 5.41) is 4.96. The molecule has 0 radical (unpaired) electrons. The van der Waals surface area contributed by atoms with Crippen LogP contribution in [-0.4, -0.2) is 32.0 Å². The smallest absolute Gasteiger partial charge is 0.246 e. The van der Waals surface area contributed by atoms with E-state index in [1.807, 2.05) is 60.7 Å². The lowest BCUT2D eigenvalue weighted by Gasteiger charge is -2.18. The fourth-order valence-electron chi connectivity index (χ4n) is 2.12. The lowest BCUT2D eigenvalue weighted by Crippen LogP contribution is -2.37. The van der Waals surface area contributed by atoms with E-state index in [1.165, 1.54) is 7.05 Å². The Balaban J connectivity index is 2.02. The minimum absolute atomic E-state index is 0.0555. The Hall–Kier alpha value is -2.66. The van der Waals surface area contributed by atoms with Crippen molar-refractivity contribution in [2.75, 3.05) is 20.2 Å². The van der Waals surface area contributed by atoms with Gasteiger partial charge < -0.3 is 15.4 Å². The van der Waals surface area contributed by atoms with E-state index in [1.54, 1.807) is 0 Å². The topological polar surface area (TPSA) is 67.4 Å². The van der Waals surface area contributed by atoms with E-state index in [0.717, 1.165) is 11.1 Å². The van der Waals surface area contributed by atoms with Gasteiger partial charge in [-0.3, -0.25) is 9.59 Å². The first-order valence-electron chi connectivity index (χ1n) is 7.39. The predicted molar refractivity (Wildman–Crippen MR) is 87.8 cm³/mol. The Labute approximate surface area is 135 Å². The third-order valence-corrected chi connectivity index (χ3v) is 3.31. The van der Waals surface area contributed by atoms with Gasteiger partial charge in [-0.05, 0) is 11.1 Å². The molecular formula is C18H20N2O3. The van der Waals surface area contributed by atoms with E-state index >= 15 is 0 Å². The number of rotatable bonds is 7. The zero-order chi connectivity index (χ0) is 16.5. The van der Waals surface area contributed by atoms with E-state index in [2.05, 4.69) is 10.6 Å². The van der Waals surface area contributed by atoms with Gasteiger partial charge in [0.15, 0.2) is 0 Å². The molecule has 2 aromatic carbocycles. The van der Waals surface area contributed by atoms with E-state index in [4.69, 9.17) is 4.74 Å². The molecule has 0 atom stereocenters. The fourth-order valence-corrected chi connectivity index (χ4v) is 2.12. The minimum atomic E-state index is -0.330. The van der Waals surface area contributed by atoms with Crippen molar-refractivity contribution < 1.29 is 14.3 Å². The second-order valence-electron chi connectivity index (χ2n) is 4.96. The first-order chi connectivity index (χ1) is 11.2. The van der Waals surface area contributed by atoms with Crippen LogP contribution >= 0.6 is 0 Å². The highest BCUT2D eigenvalue weighted by atomic mass is 16.5. The van der Waals surface area contributed by atoms with Crippen LogP contribution < -0.4 is 10.6 Å². The highest BCUT2D eigenvalue weighted by Crippen LogP contribution is 2.25. The van der Waals surface area contributed by atoms with Gasteiger partial charge in [0.2, 0.25) is 11.8 Å². The standard InChI is InChI=1S/C18H20N2O3/c1-19-16(21)12-20-17(22)13-23-18(14-8-4-2-5-9-14)15-10-6-3-7-11-15/h2-11,18H,12-13H2,1H3,(H,19,21)(H,20,22). The number of amides is 2. The van der Waals surface area contributed by atoms with Crippen LogP contribution in [0.1, 0.15) is 17.2 Å². The molecule has 0 saturated heterocycles. The summed E-state index contributed by atoms with van der Waals surface area (Å²) in [4.78, 5) is 22.9. The molecule has 0 aliphatic carbocycles. The number of carbonyl (C=O) groups is 2. The van der Waals surface area contributed by atoms with Gasteiger partial charge in [0.25, 0.3) is 0 Å². The molecule has 2 aromatic rings. The molecule has 0 spiro atoms. The number of carbonyl (C=O) groups excluding carboxylic acids is 2. The third-order valence-electron chi connectivity index (χ3n) is 3.31. The molecule has 0 unspecified atom stereocenters. The van der Waals surface area contributed by atoms with Gasteiger partial charge in [-0.25, -0.2) is 0 Å². The van der Waals surface area contributed by atoms with Gasteiger partial charge in [-0.2, -0.15) is 0 Å².